The molecule has 0 amide bonds. The summed E-state index contributed by atoms with van der Waals surface area (Å²) in [5.74, 6) is 0.798. The summed E-state index contributed by atoms with van der Waals surface area (Å²) in [4.78, 5) is 6.38. The molecular formula is C14H24ClN5. The fourth-order valence-electron chi connectivity index (χ4n) is 1.92. The second-order valence-corrected chi connectivity index (χ2v) is 4.90. The van der Waals surface area contributed by atoms with Gasteiger partial charge in [-0.05, 0) is 21.0 Å². The van der Waals surface area contributed by atoms with Crippen LogP contribution in [0.2, 0.25) is 5.02 Å². The van der Waals surface area contributed by atoms with E-state index in [1.54, 1.807) is 6.20 Å². The first-order valence-electron chi connectivity index (χ1n) is 6.92. The van der Waals surface area contributed by atoms with Gasteiger partial charge in [-0.3, -0.25) is 4.68 Å². The molecule has 20 heavy (non-hydrogen) atoms. The van der Waals surface area contributed by atoms with Gasteiger partial charge in [0, 0.05) is 32.5 Å². The molecule has 0 aromatic carbocycles. The lowest BCUT2D eigenvalue weighted by molar-refractivity contribution is 0.383. The summed E-state index contributed by atoms with van der Waals surface area (Å²) in [6.45, 7) is 7.63. The van der Waals surface area contributed by atoms with Gasteiger partial charge in [-0.25, -0.2) is 4.98 Å². The highest BCUT2D eigenvalue weighted by atomic mass is 35.5. The SMILES string of the molecule is CC.CCn1nc(-c2nccn2C)c(Cl)c1CN(C)C. The van der Waals surface area contributed by atoms with Crippen molar-refractivity contribution in [2.45, 2.75) is 33.9 Å². The maximum absolute atomic E-state index is 6.45. The summed E-state index contributed by atoms with van der Waals surface area (Å²) >= 11 is 6.45. The highest BCUT2D eigenvalue weighted by Gasteiger charge is 2.19. The van der Waals surface area contributed by atoms with E-state index in [0.717, 1.165) is 30.3 Å². The van der Waals surface area contributed by atoms with Crippen LogP contribution >= 0.6 is 11.6 Å². The number of aromatic nitrogens is 4. The second kappa shape index (κ2) is 7.45. The Hall–Kier alpha value is -1.33. The third-order valence-electron chi connectivity index (χ3n) is 2.79. The summed E-state index contributed by atoms with van der Waals surface area (Å²) < 4.78 is 3.86. The van der Waals surface area contributed by atoms with E-state index in [1.165, 1.54) is 0 Å². The highest BCUT2D eigenvalue weighted by Crippen LogP contribution is 2.29. The highest BCUT2D eigenvalue weighted by molar-refractivity contribution is 6.33. The molecule has 0 fully saturated rings. The van der Waals surface area contributed by atoms with Crippen LogP contribution in [0, 0.1) is 0 Å². The molecular weight excluding hydrogens is 274 g/mol. The summed E-state index contributed by atoms with van der Waals surface area (Å²) in [7, 11) is 5.97. The van der Waals surface area contributed by atoms with Crippen molar-refractivity contribution < 1.29 is 0 Å². The Morgan fingerprint density at radius 2 is 1.95 bits per heavy atom. The maximum Gasteiger partial charge on any atom is 0.161 e. The minimum absolute atomic E-state index is 0.694. The van der Waals surface area contributed by atoms with E-state index >= 15 is 0 Å². The third kappa shape index (κ3) is 3.41. The van der Waals surface area contributed by atoms with Crippen molar-refractivity contribution in [3.63, 3.8) is 0 Å². The van der Waals surface area contributed by atoms with Gasteiger partial charge in [0.05, 0.1) is 10.7 Å². The molecule has 0 bridgehead atoms. The lowest BCUT2D eigenvalue weighted by atomic mass is 10.3. The van der Waals surface area contributed by atoms with E-state index in [1.807, 2.05) is 50.4 Å². The Labute approximate surface area is 126 Å². The number of aryl methyl sites for hydroxylation is 2. The smallest absolute Gasteiger partial charge is 0.161 e. The molecule has 0 spiro atoms. The van der Waals surface area contributed by atoms with Crippen LogP contribution in [0.15, 0.2) is 12.4 Å². The molecule has 0 unspecified atom stereocenters. The first kappa shape index (κ1) is 16.7. The topological polar surface area (TPSA) is 38.9 Å². The average molecular weight is 298 g/mol. The van der Waals surface area contributed by atoms with Crippen LogP contribution in [0.5, 0.6) is 0 Å². The number of rotatable bonds is 4. The lowest BCUT2D eigenvalue weighted by Gasteiger charge is -2.11. The van der Waals surface area contributed by atoms with Gasteiger partial charge in [0.25, 0.3) is 0 Å². The number of nitrogens with zero attached hydrogens (tertiary/aromatic N) is 5. The van der Waals surface area contributed by atoms with Gasteiger partial charge in [-0.2, -0.15) is 5.10 Å². The van der Waals surface area contributed by atoms with Crippen LogP contribution in [-0.2, 0) is 20.1 Å². The molecule has 5 nitrogen and oxygen atoms in total. The molecule has 6 heteroatoms. The molecule has 2 rings (SSSR count). The van der Waals surface area contributed by atoms with Crippen molar-refractivity contribution in [1.82, 2.24) is 24.2 Å². The zero-order valence-electron chi connectivity index (χ0n) is 13.2. The maximum atomic E-state index is 6.45. The van der Waals surface area contributed by atoms with Gasteiger partial charge in [0.2, 0.25) is 0 Å². The zero-order chi connectivity index (χ0) is 15.3. The van der Waals surface area contributed by atoms with Crippen LogP contribution in [0.1, 0.15) is 26.5 Å². The van der Waals surface area contributed by atoms with Crippen molar-refractivity contribution in [2.75, 3.05) is 14.1 Å². The van der Waals surface area contributed by atoms with Crippen molar-refractivity contribution in [1.29, 1.82) is 0 Å². The number of imidazole rings is 1. The average Bonchev–Trinajstić information content (AvgIpc) is 2.97. The Kier molecular flexibility index (Phi) is 6.23. The molecule has 0 saturated heterocycles. The number of halogens is 1. The number of hydrogen-bond donors (Lipinski definition) is 0. The predicted octanol–water partition coefficient (Wildman–Crippen LogP) is 3.04. The first-order chi connectivity index (χ1) is 9.54. The van der Waals surface area contributed by atoms with Gasteiger partial charge >= 0.3 is 0 Å². The predicted molar refractivity (Wildman–Crippen MR) is 83.9 cm³/mol. The van der Waals surface area contributed by atoms with E-state index in [9.17, 15) is 0 Å². The normalized spacial score (nSPS) is 10.6. The minimum Gasteiger partial charge on any atom is -0.333 e. The van der Waals surface area contributed by atoms with Gasteiger partial charge in [-0.15, -0.1) is 0 Å². The van der Waals surface area contributed by atoms with E-state index < -0.39 is 0 Å². The van der Waals surface area contributed by atoms with Gasteiger partial charge in [-0.1, -0.05) is 25.4 Å². The van der Waals surface area contributed by atoms with Crippen LogP contribution in [-0.4, -0.2) is 38.3 Å². The molecule has 112 valence electrons. The molecule has 0 saturated carbocycles. The zero-order valence-corrected chi connectivity index (χ0v) is 13.9. The van der Waals surface area contributed by atoms with Crippen LogP contribution < -0.4 is 0 Å². The molecule has 0 aliphatic heterocycles. The molecule has 0 aliphatic carbocycles. The van der Waals surface area contributed by atoms with Crippen LogP contribution in [0.25, 0.3) is 11.5 Å². The molecule has 0 radical (unpaired) electrons. The van der Waals surface area contributed by atoms with E-state index in [0.29, 0.717) is 5.02 Å². The Bertz CT molecular complexity index is 542. The standard InChI is InChI=1S/C12H18ClN5.C2H6/c1-5-18-9(8-16(2)3)10(13)11(15-18)12-14-6-7-17(12)4;1-2/h6-7H,5,8H2,1-4H3;1-2H3. The van der Waals surface area contributed by atoms with Crippen molar-refractivity contribution in [2.24, 2.45) is 7.05 Å². The van der Waals surface area contributed by atoms with Gasteiger partial charge in [0.15, 0.2) is 5.82 Å². The number of hydrogen-bond acceptors (Lipinski definition) is 3. The van der Waals surface area contributed by atoms with E-state index in [2.05, 4.69) is 21.9 Å². The fraction of sp³-hybridized carbons (Fsp3) is 0.571. The van der Waals surface area contributed by atoms with E-state index in [4.69, 9.17) is 11.6 Å². The lowest BCUT2D eigenvalue weighted by Crippen LogP contribution is -2.15. The quantitative estimate of drug-likeness (QED) is 0.871. The monoisotopic (exact) mass is 297 g/mol. The Morgan fingerprint density at radius 1 is 1.30 bits per heavy atom. The Morgan fingerprint density at radius 3 is 2.40 bits per heavy atom. The summed E-state index contributed by atoms with van der Waals surface area (Å²) in [5, 5.41) is 5.25. The molecule has 2 aromatic heterocycles. The molecule has 0 atom stereocenters. The third-order valence-corrected chi connectivity index (χ3v) is 3.19. The van der Waals surface area contributed by atoms with Gasteiger partial charge < -0.3 is 9.47 Å². The minimum atomic E-state index is 0.694. The van der Waals surface area contributed by atoms with E-state index in [-0.39, 0.29) is 0 Å². The molecule has 0 N–H and O–H groups in total. The second-order valence-electron chi connectivity index (χ2n) is 4.52. The molecule has 2 heterocycles. The summed E-state index contributed by atoms with van der Waals surface area (Å²) in [6, 6.07) is 0. The first-order valence-corrected chi connectivity index (χ1v) is 7.30. The molecule has 0 aliphatic rings. The van der Waals surface area contributed by atoms with Gasteiger partial charge in [0.1, 0.15) is 5.69 Å². The largest absolute Gasteiger partial charge is 0.333 e. The Balaban J connectivity index is 0.000000956. The molecule has 2 aromatic rings. The van der Waals surface area contributed by atoms with Crippen LogP contribution in [0.3, 0.4) is 0 Å². The van der Waals surface area contributed by atoms with Crippen molar-refractivity contribution in [3.05, 3.63) is 23.1 Å². The van der Waals surface area contributed by atoms with Crippen LogP contribution in [0.4, 0.5) is 0 Å². The van der Waals surface area contributed by atoms with Crippen molar-refractivity contribution >= 4 is 11.6 Å². The summed E-state index contributed by atoms with van der Waals surface area (Å²) in [6.07, 6.45) is 3.64. The van der Waals surface area contributed by atoms with Crippen molar-refractivity contribution in [3.8, 4) is 11.5 Å². The fourth-order valence-corrected chi connectivity index (χ4v) is 2.20. The summed E-state index contributed by atoms with van der Waals surface area (Å²) in [5.41, 5.74) is 1.78.